The molecule has 0 saturated carbocycles. The first-order valence-electron chi connectivity index (χ1n) is 5.47. The van der Waals surface area contributed by atoms with Crippen molar-refractivity contribution in [3.05, 3.63) is 0 Å². The molecule has 0 aromatic carbocycles. The molecule has 0 rings (SSSR count). The molecular weight excluding hydrogens is 228 g/mol. The molecule has 2 atom stereocenters. The number of rotatable bonds is 7. The van der Waals surface area contributed by atoms with Crippen LogP contribution in [-0.4, -0.2) is 50.0 Å². The van der Waals surface area contributed by atoms with Gasteiger partial charge in [-0.1, -0.05) is 13.8 Å². The lowest BCUT2D eigenvalue weighted by molar-refractivity contribution is -0.222. The maximum atomic E-state index is 11.4. The predicted octanol–water partition coefficient (Wildman–Crippen LogP) is -1.02. The first kappa shape index (κ1) is 16.2. The number of ketones is 2. The van der Waals surface area contributed by atoms with Crippen LogP contribution in [0.5, 0.6) is 0 Å². The molecule has 0 aromatic rings. The highest BCUT2D eigenvalue weighted by Gasteiger charge is 2.44. The van der Waals surface area contributed by atoms with Crippen LogP contribution in [0.4, 0.5) is 0 Å². The molecular formula is C11H20O6. The molecule has 0 radical (unpaired) electrons. The van der Waals surface area contributed by atoms with Gasteiger partial charge in [0.05, 0.1) is 6.10 Å². The van der Waals surface area contributed by atoms with Crippen LogP contribution in [-0.2, 0) is 9.59 Å². The molecule has 6 nitrogen and oxygen atoms in total. The van der Waals surface area contributed by atoms with E-state index in [9.17, 15) is 24.9 Å². The molecule has 6 heteroatoms. The fourth-order valence-electron chi connectivity index (χ4n) is 1.31. The van der Waals surface area contributed by atoms with E-state index >= 15 is 0 Å². The van der Waals surface area contributed by atoms with Crippen molar-refractivity contribution in [2.75, 3.05) is 0 Å². The monoisotopic (exact) mass is 248 g/mol. The Hall–Kier alpha value is -0.820. The van der Waals surface area contributed by atoms with Crippen molar-refractivity contribution >= 4 is 11.6 Å². The van der Waals surface area contributed by atoms with Gasteiger partial charge in [-0.15, -0.1) is 0 Å². The van der Waals surface area contributed by atoms with E-state index in [4.69, 9.17) is 5.11 Å². The van der Waals surface area contributed by atoms with Gasteiger partial charge in [-0.05, 0) is 12.8 Å². The molecule has 0 unspecified atom stereocenters. The highest BCUT2D eigenvalue weighted by Crippen LogP contribution is 2.16. The highest BCUT2D eigenvalue weighted by molar-refractivity contribution is 6.39. The van der Waals surface area contributed by atoms with E-state index in [2.05, 4.69) is 0 Å². The van der Waals surface area contributed by atoms with E-state index in [1.54, 1.807) is 13.8 Å². The average Bonchev–Trinajstić information content (AvgIpc) is 2.14. The van der Waals surface area contributed by atoms with Crippen LogP contribution >= 0.6 is 0 Å². The Balaban J connectivity index is 4.69. The van der Waals surface area contributed by atoms with Gasteiger partial charge < -0.3 is 20.4 Å². The Bertz CT molecular complexity index is 282. The van der Waals surface area contributed by atoms with Gasteiger partial charge in [-0.25, -0.2) is 0 Å². The summed E-state index contributed by atoms with van der Waals surface area (Å²) in [6.45, 7) is 4.72. The number of aliphatic hydroxyl groups is 4. The van der Waals surface area contributed by atoms with E-state index < -0.39 is 36.0 Å². The van der Waals surface area contributed by atoms with Crippen LogP contribution in [0.2, 0.25) is 0 Å². The zero-order valence-electron chi connectivity index (χ0n) is 10.3. The van der Waals surface area contributed by atoms with Gasteiger partial charge in [0.1, 0.15) is 6.10 Å². The van der Waals surface area contributed by atoms with Crippen LogP contribution in [0.25, 0.3) is 0 Å². The molecule has 100 valence electrons. The SMILES string of the molecule is CC(C)CC(=O)C(=O)C(O)(O)[C@@H](O)C[C@@H](C)O. The molecule has 0 saturated heterocycles. The lowest BCUT2D eigenvalue weighted by Crippen LogP contribution is -2.53. The van der Waals surface area contributed by atoms with E-state index in [1.807, 2.05) is 0 Å². The van der Waals surface area contributed by atoms with Gasteiger partial charge in [-0.2, -0.15) is 0 Å². The summed E-state index contributed by atoms with van der Waals surface area (Å²) in [7, 11) is 0. The van der Waals surface area contributed by atoms with E-state index in [0.717, 1.165) is 0 Å². The summed E-state index contributed by atoms with van der Waals surface area (Å²) in [5.74, 6) is -5.63. The fourth-order valence-corrected chi connectivity index (χ4v) is 1.31. The standard InChI is InChI=1S/C11H20O6/c1-6(2)4-8(13)10(15)11(16,17)9(14)5-7(3)12/h6-7,9,12,14,16-17H,4-5H2,1-3H3/t7-,9+/m1/s1. The van der Waals surface area contributed by atoms with Crippen molar-refractivity contribution in [3.63, 3.8) is 0 Å². The second kappa shape index (κ2) is 6.20. The Morgan fingerprint density at radius 3 is 1.94 bits per heavy atom. The van der Waals surface area contributed by atoms with Gasteiger partial charge in [0.15, 0.2) is 0 Å². The molecule has 0 aliphatic heterocycles. The lowest BCUT2D eigenvalue weighted by atomic mass is 9.94. The van der Waals surface area contributed by atoms with Crippen LogP contribution < -0.4 is 0 Å². The normalized spacial score (nSPS) is 15.8. The molecule has 0 spiro atoms. The van der Waals surface area contributed by atoms with Gasteiger partial charge in [-0.3, -0.25) is 9.59 Å². The van der Waals surface area contributed by atoms with E-state index in [1.165, 1.54) is 6.92 Å². The summed E-state index contributed by atoms with van der Waals surface area (Å²) in [5, 5.41) is 37.2. The number of aliphatic hydroxyl groups excluding tert-OH is 2. The van der Waals surface area contributed by atoms with Crippen molar-refractivity contribution < 1.29 is 30.0 Å². The number of Topliss-reactive ketones (excluding diaryl/α,β-unsaturated/α-hetero) is 2. The Morgan fingerprint density at radius 2 is 1.59 bits per heavy atom. The van der Waals surface area contributed by atoms with Crippen LogP contribution in [0.3, 0.4) is 0 Å². The summed E-state index contributed by atoms with van der Waals surface area (Å²) in [6.07, 6.45) is -3.45. The first-order chi connectivity index (χ1) is 7.59. The molecule has 0 amide bonds. The third kappa shape index (κ3) is 4.91. The van der Waals surface area contributed by atoms with Crippen LogP contribution in [0.15, 0.2) is 0 Å². The summed E-state index contributed by atoms with van der Waals surface area (Å²) >= 11 is 0. The number of hydrogen-bond donors (Lipinski definition) is 4. The third-order valence-electron chi connectivity index (χ3n) is 2.21. The minimum absolute atomic E-state index is 0.101. The van der Waals surface area contributed by atoms with Crippen molar-refractivity contribution in [2.24, 2.45) is 5.92 Å². The zero-order valence-corrected chi connectivity index (χ0v) is 10.3. The summed E-state index contributed by atoms with van der Waals surface area (Å²) in [4.78, 5) is 22.8. The third-order valence-corrected chi connectivity index (χ3v) is 2.21. The van der Waals surface area contributed by atoms with E-state index in [0.29, 0.717) is 0 Å². The Morgan fingerprint density at radius 1 is 1.12 bits per heavy atom. The quantitative estimate of drug-likeness (QED) is 0.339. The topological polar surface area (TPSA) is 115 Å². The number of carbonyl (C=O) groups is 2. The maximum absolute atomic E-state index is 11.4. The molecule has 0 aromatic heterocycles. The Labute approximate surface area is 99.9 Å². The fraction of sp³-hybridized carbons (Fsp3) is 0.818. The van der Waals surface area contributed by atoms with Gasteiger partial charge in [0, 0.05) is 12.8 Å². The molecule has 0 heterocycles. The van der Waals surface area contributed by atoms with Crippen molar-refractivity contribution in [1.82, 2.24) is 0 Å². The van der Waals surface area contributed by atoms with Gasteiger partial charge >= 0.3 is 0 Å². The van der Waals surface area contributed by atoms with Crippen LogP contribution in [0, 0.1) is 5.92 Å². The Kier molecular flexibility index (Phi) is 5.91. The van der Waals surface area contributed by atoms with Gasteiger partial charge in [0.2, 0.25) is 5.78 Å². The van der Waals surface area contributed by atoms with Crippen molar-refractivity contribution in [1.29, 1.82) is 0 Å². The lowest BCUT2D eigenvalue weighted by Gasteiger charge is -2.26. The molecule has 0 bridgehead atoms. The summed E-state index contributed by atoms with van der Waals surface area (Å²) in [6, 6.07) is 0. The second-order valence-corrected chi connectivity index (χ2v) is 4.68. The number of carbonyl (C=O) groups excluding carboxylic acids is 2. The zero-order chi connectivity index (χ0) is 13.8. The average molecular weight is 248 g/mol. The highest BCUT2D eigenvalue weighted by atomic mass is 16.5. The second-order valence-electron chi connectivity index (χ2n) is 4.68. The molecule has 4 N–H and O–H groups in total. The van der Waals surface area contributed by atoms with Gasteiger partial charge in [0.25, 0.3) is 11.6 Å². The number of hydrogen-bond acceptors (Lipinski definition) is 6. The smallest absolute Gasteiger partial charge is 0.259 e. The minimum atomic E-state index is -3.14. The minimum Gasteiger partial charge on any atom is -0.393 e. The maximum Gasteiger partial charge on any atom is 0.259 e. The summed E-state index contributed by atoms with van der Waals surface area (Å²) in [5.41, 5.74) is 0. The molecule has 0 fully saturated rings. The first-order valence-corrected chi connectivity index (χ1v) is 5.47. The van der Waals surface area contributed by atoms with Crippen LogP contribution in [0.1, 0.15) is 33.6 Å². The molecule has 0 aliphatic rings. The van der Waals surface area contributed by atoms with E-state index in [-0.39, 0.29) is 12.3 Å². The largest absolute Gasteiger partial charge is 0.393 e. The van der Waals surface area contributed by atoms with Crippen molar-refractivity contribution in [2.45, 2.75) is 51.6 Å². The van der Waals surface area contributed by atoms with Crippen molar-refractivity contribution in [3.8, 4) is 0 Å². The predicted molar refractivity (Wildman–Crippen MR) is 58.9 cm³/mol. The summed E-state index contributed by atoms with van der Waals surface area (Å²) < 4.78 is 0. The molecule has 17 heavy (non-hydrogen) atoms. The molecule has 0 aliphatic carbocycles.